The van der Waals surface area contributed by atoms with Crippen molar-refractivity contribution in [3.8, 4) is 6.07 Å². The normalized spacial score (nSPS) is 9.62. The fourth-order valence-electron chi connectivity index (χ4n) is 1.26. The molecule has 16 heavy (non-hydrogen) atoms. The average Bonchev–Trinajstić information content (AvgIpc) is 2.17. The van der Waals surface area contributed by atoms with Crippen molar-refractivity contribution in [2.45, 2.75) is 13.3 Å². The van der Waals surface area contributed by atoms with Gasteiger partial charge in [-0.1, -0.05) is 0 Å². The molecule has 3 nitrogen and oxygen atoms in total. The molecule has 0 aliphatic rings. The minimum absolute atomic E-state index is 0.104. The number of ether oxygens (including phenoxy) is 1. The third kappa shape index (κ3) is 3.04. The van der Waals surface area contributed by atoms with E-state index in [2.05, 4.69) is 15.9 Å². The van der Waals surface area contributed by atoms with Gasteiger partial charge in [-0.3, -0.25) is 4.79 Å². The molecule has 0 aliphatic heterocycles. The van der Waals surface area contributed by atoms with Gasteiger partial charge in [0.25, 0.3) is 0 Å². The number of nitriles is 1. The number of nitrogens with zero attached hydrogens (tertiary/aromatic N) is 1. The van der Waals surface area contributed by atoms with E-state index in [1.165, 1.54) is 12.1 Å². The molecule has 0 radical (unpaired) electrons. The Morgan fingerprint density at radius 3 is 2.88 bits per heavy atom. The summed E-state index contributed by atoms with van der Waals surface area (Å²) < 4.78 is 18.2. The Morgan fingerprint density at radius 2 is 2.31 bits per heavy atom. The molecular weight excluding hydrogens is 277 g/mol. The van der Waals surface area contributed by atoms with Crippen molar-refractivity contribution >= 4 is 21.9 Å². The van der Waals surface area contributed by atoms with Crippen LogP contribution in [-0.2, 0) is 16.0 Å². The van der Waals surface area contributed by atoms with E-state index in [0.717, 1.165) is 0 Å². The summed E-state index contributed by atoms with van der Waals surface area (Å²) in [7, 11) is 0. The van der Waals surface area contributed by atoms with Crippen LogP contribution in [0.15, 0.2) is 16.6 Å². The van der Waals surface area contributed by atoms with Gasteiger partial charge in [0.1, 0.15) is 11.9 Å². The second-order valence-corrected chi connectivity index (χ2v) is 3.87. The minimum atomic E-state index is -0.495. The molecule has 0 amide bonds. The van der Waals surface area contributed by atoms with Gasteiger partial charge in [-0.25, -0.2) is 4.39 Å². The first-order valence-corrected chi connectivity index (χ1v) is 5.41. The third-order valence-corrected chi connectivity index (χ3v) is 2.51. The van der Waals surface area contributed by atoms with E-state index in [-0.39, 0.29) is 18.6 Å². The van der Waals surface area contributed by atoms with Crippen LogP contribution < -0.4 is 0 Å². The second kappa shape index (κ2) is 5.61. The summed E-state index contributed by atoms with van der Waals surface area (Å²) in [6.07, 6.45) is -0.104. The Kier molecular flexibility index (Phi) is 4.44. The van der Waals surface area contributed by atoms with Crippen LogP contribution in [0.3, 0.4) is 0 Å². The van der Waals surface area contributed by atoms with Gasteiger partial charge < -0.3 is 4.74 Å². The summed E-state index contributed by atoms with van der Waals surface area (Å²) in [5.74, 6) is -0.971. The second-order valence-electron chi connectivity index (χ2n) is 3.02. The summed E-state index contributed by atoms with van der Waals surface area (Å²) >= 11 is 3.07. The lowest BCUT2D eigenvalue weighted by Crippen LogP contribution is -2.09. The SMILES string of the molecule is CCOC(=O)Cc1cc(F)cc(Br)c1C#N. The Labute approximate surface area is 101 Å². The number of halogens is 2. The Balaban J connectivity index is 3.04. The van der Waals surface area contributed by atoms with Gasteiger partial charge in [0, 0.05) is 4.47 Å². The van der Waals surface area contributed by atoms with Crippen LogP contribution in [-0.4, -0.2) is 12.6 Å². The summed E-state index contributed by atoms with van der Waals surface area (Å²) in [4.78, 5) is 11.2. The molecule has 1 aromatic carbocycles. The Bertz CT molecular complexity index is 454. The number of hydrogen-bond donors (Lipinski definition) is 0. The molecule has 0 saturated heterocycles. The highest BCUT2D eigenvalue weighted by molar-refractivity contribution is 9.10. The minimum Gasteiger partial charge on any atom is -0.466 e. The predicted molar refractivity (Wildman–Crippen MR) is 59.2 cm³/mol. The van der Waals surface area contributed by atoms with Crippen LogP contribution in [0.4, 0.5) is 4.39 Å². The highest BCUT2D eigenvalue weighted by atomic mass is 79.9. The quantitative estimate of drug-likeness (QED) is 0.802. The molecular formula is C11H9BrFNO2. The molecule has 0 fully saturated rings. The smallest absolute Gasteiger partial charge is 0.310 e. The molecule has 5 heteroatoms. The maximum absolute atomic E-state index is 13.1. The van der Waals surface area contributed by atoms with Crippen LogP contribution in [0.1, 0.15) is 18.1 Å². The Hall–Kier alpha value is -1.41. The first kappa shape index (κ1) is 12.7. The van der Waals surface area contributed by atoms with Gasteiger partial charge in [-0.2, -0.15) is 5.26 Å². The van der Waals surface area contributed by atoms with Crippen LogP contribution >= 0.6 is 15.9 Å². The van der Waals surface area contributed by atoms with Crippen LogP contribution in [0.25, 0.3) is 0 Å². The molecule has 84 valence electrons. The maximum Gasteiger partial charge on any atom is 0.310 e. The number of hydrogen-bond acceptors (Lipinski definition) is 3. The lowest BCUT2D eigenvalue weighted by Gasteiger charge is -2.06. The van der Waals surface area contributed by atoms with Gasteiger partial charge in [-0.15, -0.1) is 0 Å². The number of benzene rings is 1. The van der Waals surface area contributed by atoms with Crippen molar-refractivity contribution < 1.29 is 13.9 Å². The van der Waals surface area contributed by atoms with Crippen LogP contribution in [0.2, 0.25) is 0 Å². The predicted octanol–water partition coefficient (Wildman–Crippen LogP) is 2.57. The zero-order chi connectivity index (χ0) is 12.1. The fraction of sp³-hybridized carbons (Fsp3) is 0.273. The van der Waals surface area contributed by atoms with E-state index in [1.807, 2.05) is 6.07 Å². The number of carbonyl (C=O) groups excluding carboxylic acids is 1. The third-order valence-electron chi connectivity index (χ3n) is 1.89. The summed E-state index contributed by atoms with van der Waals surface area (Å²) in [5, 5.41) is 8.88. The summed E-state index contributed by atoms with van der Waals surface area (Å²) in [6, 6.07) is 4.27. The van der Waals surface area contributed by atoms with E-state index in [9.17, 15) is 9.18 Å². The first-order valence-electron chi connectivity index (χ1n) is 4.62. The Morgan fingerprint density at radius 1 is 1.62 bits per heavy atom. The molecule has 1 rings (SSSR count). The molecule has 0 N–H and O–H groups in total. The lowest BCUT2D eigenvalue weighted by atomic mass is 10.1. The van der Waals surface area contributed by atoms with Gasteiger partial charge in [0.2, 0.25) is 0 Å². The standard InChI is InChI=1S/C11H9BrFNO2/c1-2-16-11(15)4-7-3-8(13)5-10(12)9(7)6-14/h3,5H,2,4H2,1H3. The maximum atomic E-state index is 13.1. The summed E-state index contributed by atoms with van der Waals surface area (Å²) in [5.41, 5.74) is 0.585. The number of rotatable bonds is 3. The van der Waals surface area contributed by atoms with Gasteiger partial charge in [0.15, 0.2) is 0 Å². The molecule has 0 spiro atoms. The number of esters is 1. The van der Waals surface area contributed by atoms with E-state index >= 15 is 0 Å². The number of carbonyl (C=O) groups is 1. The van der Waals surface area contributed by atoms with Crippen molar-refractivity contribution in [3.63, 3.8) is 0 Å². The average molecular weight is 286 g/mol. The molecule has 0 aromatic heterocycles. The largest absolute Gasteiger partial charge is 0.466 e. The molecule has 0 atom stereocenters. The van der Waals surface area contributed by atoms with Gasteiger partial charge in [-0.05, 0) is 40.5 Å². The highest BCUT2D eigenvalue weighted by Crippen LogP contribution is 2.22. The lowest BCUT2D eigenvalue weighted by molar-refractivity contribution is -0.142. The van der Waals surface area contributed by atoms with E-state index in [0.29, 0.717) is 10.0 Å². The monoisotopic (exact) mass is 285 g/mol. The fourth-order valence-corrected chi connectivity index (χ4v) is 1.82. The molecule has 0 bridgehead atoms. The molecule has 0 unspecified atom stereocenters. The zero-order valence-corrected chi connectivity index (χ0v) is 10.2. The topological polar surface area (TPSA) is 50.1 Å². The van der Waals surface area contributed by atoms with Crippen molar-refractivity contribution in [2.75, 3.05) is 6.61 Å². The summed E-state index contributed by atoms with van der Waals surface area (Å²) in [6.45, 7) is 1.95. The van der Waals surface area contributed by atoms with Gasteiger partial charge in [0.05, 0.1) is 18.6 Å². The molecule has 0 saturated carbocycles. The van der Waals surface area contributed by atoms with Crippen molar-refractivity contribution in [1.29, 1.82) is 5.26 Å². The van der Waals surface area contributed by atoms with Crippen molar-refractivity contribution in [1.82, 2.24) is 0 Å². The van der Waals surface area contributed by atoms with Crippen LogP contribution in [0.5, 0.6) is 0 Å². The van der Waals surface area contributed by atoms with Crippen LogP contribution in [0, 0.1) is 17.1 Å². The molecule has 0 aliphatic carbocycles. The van der Waals surface area contributed by atoms with Crippen molar-refractivity contribution in [2.24, 2.45) is 0 Å². The van der Waals surface area contributed by atoms with E-state index in [4.69, 9.17) is 10.00 Å². The molecule has 1 aromatic rings. The van der Waals surface area contributed by atoms with Gasteiger partial charge >= 0.3 is 5.97 Å². The zero-order valence-electron chi connectivity index (χ0n) is 8.59. The van der Waals surface area contributed by atoms with E-state index < -0.39 is 11.8 Å². The highest BCUT2D eigenvalue weighted by Gasteiger charge is 2.13. The molecule has 0 heterocycles. The van der Waals surface area contributed by atoms with E-state index in [1.54, 1.807) is 6.92 Å². The first-order chi connectivity index (χ1) is 7.58. The van der Waals surface area contributed by atoms with Crippen molar-refractivity contribution in [3.05, 3.63) is 33.5 Å².